The minimum absolute atomic E-state index is 0.0925. The highest BCUT2D eigenvalue weighted by Gasteiger charge is 2.14. The largest absolute Gasteiger partial charge is 0.478 e. The second kappa shape index (κ2) is 6.37. The van der Waals surface area contributed by atoms with E-state index >= 15 is 0 Å². The van der Waals surface area contributed by atoms with E-state index in [4.69, 9.17) is 5.11 Å². The number of nitrogens with one attached hydrogen (secondary N) is 1. The predicted octanol–water partition coefficient (Wildman–Crippen LogP) is 2.80. The molecule has 2 N–H and O–H groups in total. The summed E-state index contributed by atoms with van der Waals surface area (Å²) >= 11 is 0. The van der Waals surface area contributed by atoms with Crippen molar-refractivity contribution >= 4 is 11.9 Å². The van der Waals surface area contributed by atoms with E-state index in [0.29, 0.717) is 0 Å². The van der Waals surface area contributed by atoms with Gasteiger partial charge in [0.2, 0.25) is 5.91 Å². The molecule has 108 valence electrons. The van der Waals surface area contributed by atoms with Crippen molar-refractivity contribution in [3.8, 4) is 0 Å². The van der Waals surface area contributed by atoms with Gasteiger partial charge >= 0.3 is 5.97 Å². The third-order valence-electron chi connectivity index (χ3n) is 3.01. The van der Waals surface area contributed by atoms with Gasteiger partial charge in [-0.2, -0.15) is 0 Å². The van der Waals surface area contributed by atoms with Crippen molar-refractivity contribution in [2.24, 2.45) is 0 Å². The maximum Gasteiger partial charge on any atom is 0.328 e. The van der Waals surface area contributed by atoms with Gasteiger partial charge in [-0.3, -0.25) is 4.79 Å². The second-order valence-electron chi connectivity index (χ2n) is 5.77. The van der Waals surface area contributed by atoms with E-state index in [-0.39, 0.29) is 11.5 Å². The van der Waals surface area contributed by atoms with Crippen molar-refractivity contribution in [1.82, 2.24) is 5.32 Å². The van der Waals surface area contributed by atoms with Crippen molar-refractivity contribution in [3.63, 3.8) is 0 Å². The molecule has 1 amide bonds. The Morgan fingerprint density at radius 1 is 1.15 bits per heavy atom. The molecule has 0 aliphatic heterocycles. The van der Waals surface area contributed by atoms with Crippen LogP contribution in [0.3, 0.4) is 0 Å². The summed E-state index contributed by atoms with van der Waals surface area (Å²) in [5, 5.41) is 11.2. The molecule has 0 aromatic heterocycles. The Labute approximate surface area is 119 Å². The first-order valence-electron chi connectivity index (χ1n) is 6.52. The van der Waals surface area contributed by atoms with Crippen LogP contribution >= 0.6 is 0 Å². The minimum Gasteiger partial charge on any atom is -0.478 e. The van der Waals surface area contributed by atoms with Crippen LogP contribution in [0.4, 0.5) is 0 Å². The Morgan fingerprint density at radius 2 is 1.70 bits per heavy atom. The summed E-state index contributed by atoms with van der Waals surface area (Å²) in [6.45, 7) is 8.29. The lowest BCUT2D eigenvalue weighted by atomic mass is 9.86. The SMILES string of the molecule is CC(NC(=O)/C=C/C(=O)O)c1ccc(C(C)(C)C)cc1. The molecule has 0 saturated carbocycles. The summed E-state index contributed by atoms with van der Waals surface area (Å²) in [6, 6.07) is 7.88. The number of carbonyl (C=O) groups excluding carboxylic acids is 1. The standard InChI is InChI=1S/C16H21NO3/c1-11(17-14(18)9-10-15(19)20)12-5-7-13(8-6-12)16(2,3)4/h5-11H,1-4H3,(H,17,18)(H,19,20)/b10-9+. The van der Waals surface area contributed by atoms with Gasteiger partial charge in [0.1, 0.15) is 0 Å². The van der Waals surface area contributed by atoms with Gasteiger partial charge in [0, 0.05) is 12.2 Å². The predicted molar refractivity (Wildman–Crippen MR) is 78.5 cm³/mol. The van der Waals surface area contributed by atoms with Crippen LogP contribution in [-0.4, -0.2) is 17.0 Å². The van der Waals surface area contributed by atoms with Crippen molar-refractivity contribution in [3.05, 3.63) is 47.5 Å². The molecule has 0 saturated heterocycles. The molecule has 20 heavy (non-hydrogen) atoms. The van der Waals surface area contributed by atoms with E-state index in [0.717, 1.165) is 17.7 Å². The van der Waals surface area contributed by atoms with E-state index in [1.807, 2.05) is 31.2 Å². The van der Waals surface area contributed by atoms with Crippen LogP contribution in [0.1, 0.15) is 44.9 Å². The van der Waals surface area contributed by atoms with Crippen LogP contribution < -0.4 is 5.32 Å². The van der Waals surface area contributed by atoms with E-state index in [1.165, 1.54) is 5.56 Å². The highest BCUT2D eigenvalue weighted by atomic mass is 16.4. The van der Waals surface area contributed by atoms with Crippen LogP contribution in [-0.2, 0) is 15.0 Å². The first kappa shape index (κ1) is 16.0. The molecule has 4 heteroatoms. The number of carboxylic acid groups (broad SMARTS) is 1. The average Bonchev–Trinajstić information content (AvgIpc) is 2.35. The highest BCUT2D eigenvalue weighted by Crippen LogP contribution is 2.23. The molecule has 0 bridgehead atoms. The molecular weight excluding hydrogens is 254 g/mol. The lowest BCUT2D eigenvalue weighted by Crippen LogP contribution is -2.25. The third kappa shape index (κ3) is 4.88. The maximum atomic E-state index is 11.5. The van der Waals surface area contributed by atoms with E-state index in [1.54, 1.807) is 0 Å². The van der Waals surface area contributed by atoms with Crippen LogP contribution in [0.25, 0.3) is 0 Å². The molecule has 1 aromatic carbocycles. The van der Waals surface area contributed by atoms with Crippen LogP contribution in [0, 0.1) is 0 Å². The molecule has 0 aliphatic rings. The topological polar surface area (TPSA) is 66.4 Å². The zero-order valence-corrected chi connectivity index (χ0v) is 12.3. The molecule has 1 rings (SSSR count). The first-order chi connectivity index (χ1) is 9.20. The summed E-state index contributed by atoms with van der Waals surface area (Å²) in [5.41, 5.74) is 2.30. The van der Waals surface area contributed by atoms with Gasteiger partial charge in [0.25, 0.3) is 0 Å². The summed E-state index contributed by atoms with van der Waals surface area (Å²) in [4.78, 5) is 21.8. The lowest BCUT2D eigenvalue weighted by molar-refractivity contribution is -0.131. The smallest absolute Gasteiger partial charge is 0.328 e. The second-order valence-corrected chi connectivity index (χ2v) is 5.77. The molecule has 0 spiro atoms. The summed E-state index contributed by atoms with van der Waals surface area (Å²) in [5.74, 6) is -1.55. The molecule has 0 radical (unpaired) electrons. The fourth-order valence-corrected chi connectivity index (χ4v) is 1.76. The van der Waals surface area contributed by atoms with Crippen LogP contribution in [0.15, 0.2) is 36.4 Å². The van der Waals surface area contributed by atoms with Gasteiger partial charge in [0.15, 0.2) is 0 Å². The Bertz CT molecular complexity index is 510. The number of benzene rings is 1. The Balaban J connectivity index is 2.71. The van der Waals surface area contributed by atoms with Gasteiger partial charge < -0.3 is 10.4 Å². The number of amides is 1. The third-order valence-corrected chi connectivity index (χ3v) is 3.01. The Kier molecular flexibility index (Phi) is 5.08. The van der Waals surface area contributed by atoms with Crippen LogP contribution in [0.5, 0.6) is 0 Å². The molecule has 1 atom stereocenters. The molecule has 0 fully saturated rings. The van der Waals surface area contributed by atoms with E-state index < -0.39 is 11.9 Å². The molecule has 0 heterocycles. The van der Waals surface area contributed by atoms with Gasteiger partial charge in [-0.1, -0.05) is 45.0 Å². The van der Waals surface area contributed by atoms with Gasteiger partial charge in [0.05, 0.1) is 6.04 Å². The fourth-order valence-electron chi connectivity index (χ4n) is 1.76. The summed E-state index contributed by atoms with van der Waals surface area (Å²) in [6.07, 6.45) is 1.84. The Hall–Kier alpha value is -2.10. The average molecular weight is 275 g/mol. The number of rotatable bonds is 4. The zero-order chi connectivity index (χ0) is 15.3. The summed E-state index contributed by atoms with van der Waals surface area (Å²) in [7, 11) is 0. The fraction of sp³-hybridized carbons (Fsp3) is 0.375. The molecular formula is C16H21NO3. The van der Waals surface area contributed by atoms with Crippen molar-refractivity contribution < 1.29 is 14.7 Å². The monoisotopic (exact) mass is 275 g/mol. The van der Waals surface area contributed by atoms with Gasteiger partial charge in [-0.05, 0) is 23.5 Å². The van der Waals surface area contributed by atoms with Crippen molar-refractivity contribution in [1.29, 1.82) is 0 Å². The number of hydrogen-bond acceptors (Lipinski definition) is 2. The quantitative estimate of drug-likeness (QED) is 0.830. The minimum atomic E-state index is -1.14. The lowest BCUT2D eigenvalue weighted by Gasteiger charge is -2.20. The number of hydrogen-bond donors (Lipinski definition) is 2. The number of carbonyl (C=O) groups is 2. The van der Waals surface area contributed by atoms with E-state index in [9.17, 15) is 9.59 Å². The van der Waals surface area contributed by atoms with Crippen molar-refractivity contribution in [2.75, 3.05) is 0 Å². The zero-order valence-electron chi connectivity index (χ0n) is 12.3. The van der Waals surface area contributed by atoms with Gasteiger partial charge in [-0.25, -0.2) is 4.79 Å². The molecule has 1 unspecified atom stereocenters. The number of aliphatic carboxylic acids is 1. The normalized spacial score (nSPS) is 13.2. The Morgan fingerprint density at radius 3 is 2.15 bits per heavy atom. The van der Waals surface area contributed by atoms with E-state index in [2.05, 4.69) is 26.1 Å². The molecule has 0 aliphatic carbocycles. The number of carboxylic acids is 1. The van der Waals surface area contributed by atoms with Crippen LogP contribution in [0.2, 0.25) is 0 Å². The summed E-state index contributed by atoms with van der Waals surface area (Å²) < 4.78 is 0. The maximum absolute atomic E-state index is 11.5. The van der Waals surface area contributed by atoms with Gasteiger partial charge in [-0.15, -0.1) is 0 Å². The molecule has 4 nitrogen and oxygen atoms in total. The van der Waals surface area contributed by atoms with Crippen molar-refractivity contribution in [2.45, 2.75) is 39.2 Å². The first-order valence-corrected chi connectivity index (χ1v) is 6.52. The highest BCUT2D eigenvalue weighted by molar-refractivity contribution is 5.94. The molecule has 1 aromatic rings.